The molecule has 0 aliphatic rings. The molecular weight excluding hydrogens is 314 g/mol. The smallest absolute Gasteiger partial charge is 0.132 e. The van der Waals surface area contributed by atoms with E-state index < -0.39 is 0 Å². The molecule has 1 heterocycles. The average Bonchev–Trinajstić information content (AvgIpc) is 2.72. The molecule has 0 atom stereocenters. The Morgan fingerprint density at radius 1 is 1.45 bits per heavy atom. The third-order valence-electron chi connectivity index (χ3n) is 3.32. The maximum Gasteiger partial charge on any atom is 0.132 e. The Labute approximate surface area is 128 Å². The van der Waals surface area contributed by atoms with Gasteiger partial charge in [0, 0.05) is 23.0 Å². The van der Waals surface area contributed by atoms with Crippen molar-refractivity contribution >= 4 is 21.7 Å². The number of hydrogen-bond donors (Lipinski definition) is 1. The van der Waals surface area contributed by atoms with Gasteiger partial charge in [-0.1, -0.05) is 41.1 Å². The minimum absolute atomic E-state index is 0.696. The molecule has 0 saturated heterocycles. The first-order valence-electron chi connectivity index (χ1n) is 6.80. The van der Waals surface area contributed by atoms with Crippen molar-refractivity contribution in [1.29, 1.82) is 0 Å². The lowest BCUT2D eigenvalue weighted by Gasteiger charge is -2.06. The standard InChI is InChI=1S/C16H20BrN3/c1-4-6-14-19-15(16(18)20(14)9-5-2)12-8-7-11(3)13(17)10-12/h5,7-8,10H,2,4,6,9,18H2,1,3H3. The van der Waals surface area contributed by atoms with Gasteiger partial charge in [0.1, 0.15) is 17.3 Å². The fourth-order valence-electron chi connectivity index (χ4n) is 2.21. The predicted molar refractivity (Wildman–Crippen MR) is 88.7 cm³/mol. The van der Waals surface area contributed by atoms with Gasteiger partial charge in [-0.2, -0.15) is 0 Å². The third-order valence-corrected chi connectivity index (χ3v) is 4.17. The number of aromatic nitrogens is 2. The van der Waals surface area contributed by atoms with Crippen LogP contribution in [0.15, 0.2) is 35.3 Å². The lowest BCUT2D eigenvalue weighted by Crippen LogP contribution is -2.05. The topological polar surface area (TPSA) is 43.8 Å². The molecule has 3 nitrogen and oxygen atoms in total. The van der Waals surface area contributed by atoms with E-state index in [4.69, 9.17) is 10.7 Å². The molecule has 106 valence electrons. The molecule has 0 bridgehead atoms. The summed E-state index contributed by atoms with van der Waals surface area (Å²) < 4.78 is 3.12. The molecule has 1 aromatic carbocycles. The molecule has 0 unspecified atom stereocenters. The zero-order valence-corrected chi connectivity index (χ0v) is 13.6. The summed E-state index contributed by atoms with van der Waals surface area (Å²) in [7, 11) is 0. The summed E-state index contributed by atoms with van der Waals surface area (Å²) in [5.41, 5.74) is 9.38. The highest BCUT2D eigenvalue weighted by atomic mass is 79.9. The highest BCUT2D eigenvalue weighted by Crippen LogP contribution is 2.30. The number of rotatable bonds is 5. The van der Waals surface area contributed by atoms with E-state index in [0.717, 1.165) is 34.4 Å². The van der Waals surface area contributed by atoms with Crippen LogP contribution in [0, 0.1) is 6.92 Å². The lowest BCUT2D eigenvalue weighted by molar-refractivity contribution is 0.724. The van der Waals surface area contributed by atoms with E-state index in [1.165, 1.54) is 5.56 Å². The van der Waals surface area contributed by atoms with Crippen LogP contribution in [0.4, 0.5) is 5.82 Å². The summed E-state index contributed by atoms with van der Waals surface area (Å²) in [6.07, 6.45) is 3.82. The van der Waals surface area contributed by atoms with Crippen LogP contribution in [0.3, 0.4) is 0 Å². The Hall–Kier alpha value is -1.55. The number of nitrogens with zero attached hydrogens (tertiary/aromatic N) is 2. The molecule has 2 N–H and O–H groups in total. The number of halogens is 1. The molecule has 0 radical (unpaired) electrons. The van der Waals surface area contributed by atoms with Crippen LogP contribution in [0.1, 0.15) is 24.7 Å². The van der Waals surface area contributed by atoms with E-state index in [1.54, 1.807) is 0 Å². The molecule has 0 aliphatic carbocycles. The van der Waals surface area contributed by atoms with Gasteiger partial charge in [0.25, 0.3) is 0 Å². The van der Waals surface area contributed by atoms with E-state index in [2.05, 4.69) is 54.6 Å². The average molecular weight is 334 g/mol. The second-order valence-corrected chi connectivity index (χ2v) is 5.73. The Morgan fingerprint density at radius 3 is 2.80 bits per heavy atom. The first-order chi connectivity index (χ1) is 9.58. The van der Waals surface area contributed by atoms with E-state index in [9.17, 15) is 0 Å². The van der Waals surface area contributed by atoms with Crippen LogP contribution in [0.5, 0.6) is 0 Å². The molecule has 0 fully saturated rings. The van der Waals surface area contributed by atoms with Gasteiger partial charge < -0.3 is 10.3 Å². The van der Waals surface area contributed by atoms with Crippen molar-refractivity contribution in [3.8, 4) is 11.3 Å². The Kier molecular flexibility index (Phi) is 4.65. The third kappa shape index (κ3) is 2.80. The van der Waals surface area contributed by atoms with Gasteiger partial charge >= 0.3 is 0 Å². The molecule has 20 heavy (non-hydrogen) atoms. The van der Waals surface area contributed by atoms with Crippen molar-refractivity contribution in [2.45, 2.75) is 33.2 Å². The van der Waals surface area contributed by atoms with Crippen molar-refractivity contribution in [2.75, 3.05) is 5.73 Å². The number of aryl methyl sites for hydroxylation is 2. The zero-order valence-electron chi connectivity index (χ0n) is 12.0. The van der Waals surface area contributed by atoms with Gasteiger partial charge in [-0.15, -0.1) is 6.58 Å². The van der Waals surface area contributed by atoms with Crippen LogP contribution < -0.4 is 5.73 Å². The van der Waals surface area contributed by atoms with E-state index in [1.807, 2.05) is 10.6 Å². The normalized spacial score (nSPS) is 10.8. The highest BCUT2D eigenvalue weighted by Gasteiger charge is 2.15. The summed E-state index contributed by atoms with van der Waals surface area (Å²) in [5.74, 6) is 1.74. The number of anilines is 1. The number of allylic oxidation sites excluding steroid dienone is 1. The molecule has 0 saturated carbocycles. The summed E-state index contributed by atoms with van der Waals surface area (Å²) in [6, 6.07) is 6.21. The molecule has 0 aliphatic heterocycles. The van der Waals surface area contributed by atoms with Gasteiger partial charge in [-0.25, -0.2) is 4.98 Å². The van der Waals surface area contributed by atoms with Crippen LogP contribution in [-0.2, 0) is 13.0 Å². The minimum atomic E-state index is 0.696. The van der Waals surface area contributed by atoms with E-state index in [0.29, 0.717) is 12.4 Å². The molecule has 2 rings (SSSR count). The van der Waals surface area contributed by atoms with Gasteiger partial charge in [0.2, 0.25) is 0 Å². The van der Waals surface area contributed by atoms with Crippen LogP contribution >= 0.6 is 15.9 Å². The number of benzene rings is 1. The fourth-order valence-corrected chi connectivity index (χ4v) is 2.59. The van der Waals surface area contributed by atoms with Gasteiger partial charge in [0.15, 0.2) is 0 Å². The van der Waals surface area contributed by atoms with Crippen molar-refractivity contribution < 1.29 is 0 Å². The minimum Gasteiger partial charge on any atom is -0.383 e. The SMILES string of the molecule is C=CCn1c(CCC)nc(-c2ccc(C)c(Br)c2)c1N. The number of nitrogens with two attached hydrogens (primary N) is 1. The Bertz CT molecular complexity index is 629. The molecular formula is C16H20BrN3. The van der Waals surface area contributed by atoms with Crippen molar-refractivity contribution in [3.05, 3.63) is 46.7 Å². The quantitative estimate of drug-likeness (QED) is 0.827. The lowest BCUT2D eigenvalue weighted by atomic mass is 10.1. The second kappa shape index (κ2) is 6.27. The Balaban J connectivity index is 2.53. The Morgan fingerprint density at radius 2 is 2.20 bits per heavy atom. The first-order valence-corrected chi connectivity index (χ1v) is 7.60. The number of hydrogen-bond acceptors (Lipinski definition) is 2. The van der Waals surface area contributed by atoms with Crippen molar-refractivity contribution in [2.24, 2.45) is 0 Å². The summed E-state index contributed by atoms with van der Waals surface area (Å²) in [4.78, 5) is 4.73. The van der Waals surface area contributed by atoms with Crippen LogP contribution in [0.25, 0.3) is 11.3 Å². The van der Waals surface area contributed by atoms with E-state index >= 15 is 0 Å². The summed E-state index contributed by atoms with van der Waals surface area (Å²) in [5, 5.41) is 0. The van der Waals surface area contributed by atoms with Crippen molar-refractivity contribution in [3.63, 3.8) is 0 Å². The molecule has 2 aromatic rings. The summed E-state index contributed by atoms with van der Waals surface area (Å²) >= 11 is 3.56. The summed E-state index contributed by atoms with van der Waals surface area (Å²) in [6.45, 7) is 8.70. The van der Waals surface area contributed by atoms with Crippen LogP contribution in [0.2, 0.25) is 0 Å². The maximum absolute atomic E-state index is 6.28. The fraction of sp³-hybridized carbons (Fsp3) is 0.312. The van der Waals surface area contributed by atoms with Gasteiger partial charge in [-0.05, 0) is 25.0 Å². The highest BCUT2D eigenvalue weighted by molar-refractivity contribution is 9.10. The largest absolute Gasteiger partial charge is 0.383 e. The molecule has 4 heteroatoms. The molecule has 0 amide bonds. The predicted octanol–water partition coefficient (Wildman–Crippen LogP) is 4.34. The maximum atomic E-state index is 6.28. The van der Waals surface area contributed by atoms with Gasteiger partial charge in [-0.3, -0.25) is 0 Å². The molecule has 0 spiro atoms. The monoisotopic (exact) mass is 333 g/mol. The number of nitrogen functional groups attached to an aromatic ring is 1. The van der Waals surface area contributed by atoms with E-state index in [-0.39, 0.29) is 0 Å². The van der Waals surface area contributed by atoms with Gasteiger partial charge in [0.05, 0.1) is 0 Å². The molecule has 1 aromatic heterocycles. The number of imidazole rings is 1. The first kappa shape index (κ1) is 14.9. The second-order valence-electron chi connectivity index (χ2n) is 4.88. The van der Waals surface area contributed by atoms with Crippen molar-refractivity contribution in [1.82, 2.24) is 9.55 Å². The zero-order chi connectivity index (χ0) is 14.7. The van der Waals surface area contributed by atoms with Crippen LogP contribution in [-0.4, -0.2) is 9.55 Å².